The summed E-state index contributed by atoms with van der Waals surface area (Å²) in [6, 6.07) is 15.8. The third-order valence-electron chi connectivity index (χ3n) is 15.6. The van der Waals surface area contributed by atoms with E-state index in [1.165, 1.54) is 5.71 Å². The highest BCUT2D eigenvalue weighted by atomic mass is 35.5. The highest BCUT2D eigenvalue weighted by Gasteiger charge is 2.64. The van der Waals surface area contributed by atoms with E-state index in [-0.39, 0.29) is 77.4 Å². The monoisotopic (exact) mass is 916 g/mol. The number of thioether (sulfide) groups is 1. The molecule has 1 saturated carbocycles. The average molecular weight is 918 g/mol. The number of aliphatic imine (C=N–C) groups is 1. The summed E-state index contributed by atoms with van der Waals surface area (Å²) in [4.78, 5) is 24.3. The zero-order valence-electron chi connectivity index (χ0n) is 38.0. The number of fused-ring (bicyclic) bond motifs is 3. The lowest BCUT2D eigenvalue weighted by Gasteiger charge is -2.63. The van der Waals surface area contributed by atoms with Crippen LogP contribution < -0.4 is 41.6 Å². The van der Waals surface area contributed by atoms with Gasteiger partial charge in [0, 0.05) is 85.4 Å². The molecular formula is C47H65ClN10O5S. The van der Waals surface area contributed by atoms with Crippen molar-refractivity contribution >= 4 is 35.0 Å². The second-order valence-corrected chi connectivity index (χ2v) is 22.6. The van der Waals surface area contributed by atoms with Crippen molar-refractivity contribution in [3.05, 3.63) is 58.6 Å². The number of rotatable bonds is 10. The van der Waals surface area contributed by atoms with Gasteiger partial charge in [0.15, 0.2) is 0 Å². The zero-order chi connectivity index (χ0) is 44.7. The van der Waals surface area contributed by atoms with E-state index in [4.69, 9.17) is 35.5 Å². The molecule has 1 amide bonds. The number of nitrogens with one attached hydrogen (secondary N) is 6. The first kappa shape index (κ1) is 44.8. The van der Waals surface area contributed by atoms with Gasteiger partial charge in [0.05, 0.1) is 59.1 Å². The minimum Gasteiger partial charge on any atom is -0.489 e. The van der Waals surface area contributed by atoms with Gasteiger partial charge in [-0.05, 0) is 54.8 Å². The lowest BCUT2D eigenvalue weighted by Crippen LogP contribution is -2.76. The molecule has 15 nitrogen and oxygen atoms in total. The van der Waals surface area contributed by atoms with Gasteiger partial charge in [-0.15, -0.1) is 11.8 Å². The minimum absolute atomic E-state index is 0.00655. The molecule has 1 aliphatic carbocycles. The number of halogens is 1. The lowest BCUT2D eigenvalue weighted by molar-refractivity contribution is -0.175. The Kier molecular flexibility index (Phi) is 12.1. The van der Waals surface area contributed by atoms with Crippen LogP contribution in [0.2, 0.25) is 5.02 Å². The first-order valence-electron chi connectivity index (χ1n) is 23.3. The molecule has 7 fully saturated rings. The molecule has 7 heterocycles. The predicted octanol–water partition coefficient (Wildman–Crippen LogP) is 3.83. The van der Waals surface area contributed by atoms with E-state index in [2.05, 4.69) is 132 Å². The number of amides is 1. The van der Waals surface area contributed by atoms with Gasteiger partial charge in [0.1, 0.15) is 42.3 Å². The third kappa shape index (κ3) is 8.04. The molecule has 7 unspecified atom stereocenters. The van der Waals surface area contributed by atoms with E-state index in [1.807, 2.05) is 0 Å². The maximum absolute atomic E-state index is 13.7. The molecule has 0 aromatic heterocycles. The van der Waals surface area contributed by atoms with E-state index >= 15 is 0 Å². The van der Waals surface area contributed by atoms with Gasteiger partial charge in [-0.3, -0.25) is 35.5 Å². The molecule has 346 valence electrons. The summed E-state index contributed by atoms with van der Waals surface area (Å²) in [7, 11) is 0. The molecule has 8 aliphatic rings. The summed E-state index contributed by atoms with van der Waals surface area (Å²) in [5.74, 6) is 2.07. The Bertz CT molecular complexity index is 2120. The summed E-state index contributed by atoms with van der Waals surface area (Å²) in [6.45, 7) is 20.4. The second-order valence-electron chi connectivity index (χ2n) is 20.7. The molecule has 7 aliphatic heterocycles. The third-order valence-corrected chi connectivity index (χ3v) is 17.6. The van der Waals surface area contributed by atoms with Crippen molar-refractivity contribution in [1.82, 2.24) is 41.9 Å². The number of hydrogen-bond donors (Lipinski definition) is 6. The van der Waals surface area contributed by atoms with Gasteiger partial charge in [-0.1, -0.05) is 53.1 Å². The Morgan fingerprint density at radius 2 is 1.75 bits per heavy atom. The highest BCUT2D eigenvalue weighted by Crippen LogP contribution is 2.56. The molecule has 1 spiro atoms. The molecule has 6 saturated heterocycles. The fourth-order valence-electron chi connectivity index (χ4n) is 12.3. The van der Waals surface area contributed by atoms with E-state index in [1.54, 1.807) is 18.2 Å². The Balaban J connectivity index is 0.711. The average Bonchev–Trinajstić information content (AvgIpc) is 4.06. The Labute approximate surface area is 386 Å². The van der Waals surface area contributed by atoms with Gasteiger partial charge in [-0.2, -0.15) is 5.26 Å². The Morgan fingerprint density at radius 1 is 1.02 bits per heavy atom. The van der Waals surface area contributed by atoms with Crippen LogP contribution in [0.15, 0.2) is 47.5 Å². The van der Waals surface area contributed by atoms with Gasteiger partial charge in [0.25, 0.3) is 0 Å². The molecule has 17 heteroatoms. The maximum atomic E-state index is 13.7. The van der Waals surface area contributed by atoms with E-state index in [9.17, 15) is 10.1 Å². The topological polar surface area (TPSA) is 169 Å². The first-order valence-corrected chi connectivity index (χ1v) is 24.6. The van der Waals surface area contributed by atoms with Crippen LogP contribution in [0.5, 0.6) is 11.5 Å². The van der Waals surface area contributed by atoms with E-state index in [0.29, 0.717) is 58.5 Å². The Hall–Kier alpha value is -3.05. The van der Waals surface area contributed by atoms with Crippen molar-refractivity contribution in [3.8, 4) is 17.6 Å². The number of benzene rings is 2. The van der Waals surface area contributed by atoms with Crippen molar-refractivity contribution in [3.63, 3.8) is 0 Å². The van der Waals surface area contributed by atoms with Crippen LogP contribution in [-0.4, -0.2) is 133 Å². The summed E-state index contributed by atoms with van der Waals surface area (Å²) in [5.41, 5.74) is 9.01. The summed E-state index contributed by atoms with van der Waals surface area (Å²) in [6.07, 6.45) is 1.72. The smallest absolute Gasteiger partial charge is 0.225 e. The number of hydrogen-bond acceptors (Lipinski definition) is 15. The van der Waals surface area contributed by atoms with Crippen LogP contribution in [-0.2, 0) is 14.3 Å². The van der Waals surface area contributed by atoms with E-state index in [0.717, 1.165) is 50.4 Å². The maximum Gasteiger partial charge on any atom is 0.225 e. The van der Waals surface area contributed by atoms with Gasteiger partial charge >= 0.3 is 0 Å². The van der Waals surface area contributed by atoms with E-state index < -0.39 is 0 Å². The zero-order valence-corrected chi connectivity index (χ0v) is 39.6. The van der Waals surface area contributed by atoms with Crippen LogP contribution in [0.1, 0.15) is 72.4 Å². The normalized spacial score (nSPS) is 38.5. The van der Waals surface area contributed by atoms with Crippen LogP contribution in [0, 0.1) is 39.9 Å². The molecule has 2 aromatic carbocycles. The highest BCUT2D eigenvalue weighted by molar-refractivity contribution is 8.00. The minimum atomic E-state index is -0.324. The molecule has 64 heavy (non-hydrogen) atoms. The number of ether oxygens (including phenoxy) is 4. The van der Waals surface area contributed by atoms with Crippen LogP contribution in [0.3, 0.4) is 0 Å². The molecule has 10 rings (SSSR count). The van der Waals surface area contributed by atoms with Crippen molar-refractivity contribution < 1.29 is 23.7 Å². The van der Waals surface area contributed by atoms with Crippen LogP contribution in [0.25, 0.3) is 0 Å². The first-order chi connectivity index (χ1) is 30.6. The van der Waals surface area contributed by atoms with Gasteiger partial charge < -0.3 is 24.3 Å². The van der Waals surface area contributed by atoms with Crippen molar-refractivity contribution in [2.45, 2.75) is 127 Å². The summed E-state index contributed by atoms with van der Waals surface area (Å²) >= 11 is 8.37. The second kappa shape index (κ2) is 17.2. The SMILES string of the molecule is CC1SC2C(C(c3ccc(O[C@@H]4COC5(C4)CN(C4NCC(C(=O)NC6C(C)(C)C(Oc7ccc(C#N)c(Cl)c7)C6(C)C)CN4)C5)cc3)=N[C@@H](CC3NCCO3)C3NNC(C)N23)C1C. The largest absolute Gasteiger partial charge is 0.489 e. The number of carbonyl (C=O) groups is 1. The molecule has 2 aromatic rings. The fourth-order valence-corrected chi connectivity index (χ4v) is 14.4. The predicted molar refractivity (Wildman–Crippen MR) is 247 cm³/mol. The standard InChI is InChI=1S/C47H65ClN10O5S/c1-25-26(2)64-41-37(25)38(53-35(17-36-50-14-15-60-36)39-56-55-27(3)58(39)41)28-8-11-31(12-9-28)62-33-18-47(61-22-33)23-57(24-47)44-51-20-30(21-52-44)40(59)54-42-45(4,5)43(46(42,6)7)63-32-13-10-29(19-49)34(48)16-32/h8-13,16,25-27,30,33,35-37,39,41-44,50-52,55-56H,14-15,17-18,20-24H2,1-7H3,(H,54,59)/t25?,26?,27?,30?,33-,35-,36?,37?,39?,41?,42?,43?,44?/m0/s1. The number of hydrazine groups is 1. The molecular weight excluding hydrogens is 852 g/mol. The lowest BCUT2D eigenvalue weighted by atomic mass is 9.49. The van der Waals surface area contributed by atoms with Gasteiger partial charge in [-0.25, -0.2) is 10.9 Å². The quantitative estimate of drug-likeness (QED) is 0.204. The molecule has 0 bridgehead atoms. The van der Waals surface area contributed by atoms with Crippen molar-refractivity contribution in [2.24, 2.45) is 33.6 Å². The molecule has 9 atom stereocenters. The van der Waals surface area contributed by atoms with Crippen molar-refractivity contribution in [2.75, 3.05) is 45.9 Å². The molecule has 0 radical (unpaired) electrons. The number of carbonyl (C=O) groups excluding carboxylic acids is 1. The van der Waals surface area contributed by atoms with Crippen LogP contribution >= 0.6 is 23.4 Å². The number of nitriles is 1. The molecule has 6 N–H and O–H groups in total. The summed E-state index contributed by atoms with van der Waals surface area (Å²) in [5, 5.41) is 24.5. The number of likely N-dealkylation sites (tertiary alicyclic amines) is 1. The van der Waals surface area contributed by atoms with Crippen molar-refractivity contribution in [1.29, 1.82) is 5.26 Å². The fraction of sp³-hybridized carbons (Fsp3) is 0.681. The Morgan fingerprint density at radius 3 is 2.44 bits per heavy atom. The number of nitrogens with zero attached hydrogens (tertiary/aromatic N) is 4. The summed E-state index contributed by atoms with van der Waals surface area (Å²) < 4.78 is 25.5. The van der Waals surface area contributed by atoms with Gasteiger partial charge in [0.2, 0.25) is 5.91 Å². The van der Waals surface area contributed by atoms with Crippen LogP contribution in [0.4, 0.5) is 0 Å².